The maximum Gasteiger partial charge on any atom is 0.343 e. The first-order valence-electron chi connectivity index (χ1n) is 8.43. The van der Waals surface area contributed by atoms with Crippen molar-refractivity contribution in [3.63, 3.8) is 0 Å². The molecule has 2 aromatic rings. The summed E-state index contributed by atoms with van der Waals surface area (Å²) in [5.74, 6) is 1.26. The van der Waals surface area contributed by atoms with E-state index < -0.39 is 0 Å². The Hall–Kier alpha value is -2.51. The average Bonchev–Trinajstić information content (AvgIpc) is 3.18. The molecule has 1 aliphatic heterocycles. The zero-order chi connectivity index (χ0) is 16.5. The zero-order valence-electron chi connectivity index (χ0n) is 13.4. The van der Waals surface area contributed by atoms with E-state index in [-0.39, 0.29) is 17.8 Å². The van der Waals surface area contributed by atoms with Gasteiger partial charge in [0.15, 0.2) is 0 Å². The van der Waals surface area contributed by atoms with Crippen molar-refractivity contribution in [2.24, 2.45) is 0 Å². The van der Waals surface area contributed by atoms with E-state index in [2.05, 4.69) is 15.4 Å². The summed E-state index contributed by atoms with van der Waals surface area (Å²) in [6, 6.07) is 1.82. The number of aromatic amines is 1. The van der Waals surface area contributed by atoms with Crippen molar-refractivity contribution in [3.8, 4) is 0 Å². The molecular weight excluding hydrogens is 310 g/mol. The lowest BCUT2D eigenvalue weighted by Gasteiger charge is -2.31. The SMILES string of the molecule is O=C(NCc1ccoc1)N1CCC(n2nc(C3CC3)[nH]c2=O)CC1. The highest BCUT2D eigenvalue weighted by molar-refractivity contribution is 5.74. The summed E-state index contributed by atoms with van der Waals surface area (Å²) in [6.07, 6.45) is 6.92. The molecular formula is C16H21N5O3. The summed E-state index contributed by atoms with van der Waals surface area (Å²) in [4.78, 5) is 28.9. The van der Waals surface area contributed by atoms with Crippen molar-refractivity contribution in [3.05, 3.63) is 40.5 Å². The fourth-order valence-corrected chi connectivity index (χ4v) is 3.14. The number of hydrogen-bond acceptors (Lipinski definition) is 4. The minimum absolute atomic E-state index is 0.0687. The fraction of sp³-hybridized carbons (Fsp3) is 0.562. The lowest BCUT2D eigenvalue weighted by Crippen LogP contribution is -2.45. The normalized spacial score (nSPS) is 18.8. The average molecular weight is 331 g/mol. The van der Waals surface area contributed by atoms with Crippen LogP contribution in [0.15, 0.2) is 27.8 Å². The van der Waals surface area contributed by atoms with Crippen LogP contribution in [-0.2, 0) is 6.54 Å². The molecule has 8 nitrogen and oxygen atoms in total. The summed E-state index contributed by atoms with van der Waals surface area (Å²) in [6.45, 7) is 1.71. The van der Waals surface area contributed by atoms with E-state index in [1.54, 1.807) is 22.1 Å². The van der Waals surface area contributed by atoms with Gasteiger partial charge in [0, 0.05) is 31.1 Å². The van der Waals surface area contributed by atoms with Gasteiger partial charge in [-0.05, 0) is 31.7 Å². The molecule has 0 atom stereocenters. The largest absolute Gasteiger partial charge is 0.472 e. The summed E-state index contributed by atoms with van der Waals surface area (Å²) >= 11 is 0. The molecule has 8 heteroatoms. The second kappa shape index (κ2) is 6.18. The minimum atomic E-state index is -0.125. The van der Waals surface area contributed by atoms with Crippen LogP contribution < -0.4 is 11.0 Å². The van der Waals surface area contributed by atoms with Crippen LogP contribution in [0.2, 0.25) is 0 Å². The summed E-state index contributed by atoms with van der Waals surface area (Å²) in [5, 5.41) is 7.34. The fourth-order valence-electron chi connectivity index (χ4n) is 3.14. The number of rotatable bonds is 4. The van der Waals surface area contributed by atoms with Gasteiger partial charge in [-0.1, -0.05) is 0 Å². The monoisotopic (exact) mass is 331 g/mol. The Labute approximate surface area is 138 Å². The number of carbonyl (C=O) groups is 1. The molecule has 2 N–H and O–H groups in total. The number of likely N-dealkylation sites (tertiary alicyclic amines) is 1. The van der Waals surface area contributed by atoms with Crippen molar-refractivity contribution < 1.29 is 9.21 Å². The van der Waals surface area contributed by atoms with Gasteiger partial charge < -0.3 is 14.6 Å². The molecule has 2 aliphatic rings. The predicted molar refractivity (Wildman–Crippen MR) is 85.6 cm³/mol. The molecule has 128 valence electrons. The summed E-state index contributed by atoms with van der Waals surface area (Å²) in [5.41, 5.74) is 0.814. The minimum Gasteiger partial charge on any atom is -0.472 e. The molecule has 2 amide bonds. The first-order chi connectivity index (χ1) is 11.7. The van der Waals surface area contributed by atoms with Gasteiger partial charge in [-0.25, -0.2) is 14.3 Å². The van der Waals surface area contributed by atoms with E-state index in [9.17, 15) is 9.59 Å². The number of carbonyl (C=O) groups excluding carboxylic acids is 1. The number of furan rings is 1. The first-order valence-corrected chi connectivity index (χ1v) is 8.43. The number of piperidine rings is 1. The highest BCUT2D eigenvalue weighted by Gasteiger charge is 2.30. The molecule has 1 saturated heterocycles. The third kappa shape index (κ3) is 3.08. The molecule has 3 heterocycles. The lowest BCUT2D eigenvalue weighted by molar-refractivity contribution is 0.167. The number of hydrogen-bond donors (Lipinski definition) is 2. The third-order valence-electron chi connectivity index (χ3n) is 4.74. The predicted octanol–water partition coefficient (Wildman–Crippen LogP) is 1.59. The highest BCUT2D eigenvalue weighted by atomic mass is 16.3. The second-order valence-electron chi connectivity index (χ2n) is 6.54. The van der Waals surface area contributed by atoms with Gasteiger partial charge in [0.1, 0.15) is 5.82 Å². The molecule has 0 bridgehead atoms. The van der Waals surface area contributed by atoms with Gasteiger partial charge in [0.2, 0.25) is 0 Å². The smallest absolute Gasteiger partial charge is 0.343 e. The van der Waals surface area contributed by atoms with Crippen LogP contribution >= 0.6 is 0 Å². The van der Waals surface area contributed by atoms with E-state index in [0.29, 0.717) is 25.6 Å². The molecule has 1 aliphatic carbocycles. The third-order valence-corrected chi connectivity index (χ3v) is 4.74. The molecule has 0 aromatic carbocycles. The van der Waals surface area contributed by atoms with E-state index in [0.717, 1.165) is 37.1 Å². The molecule has 1 saturated carbocycles. The molecule has 4 rings (SSSR count). The van der Waals surface area contributed by atoms with Gasteiger partial charge in [0.25, 0.3) is 0 Å². The molecule has 2 fully saturated rings. The van der Waals surface area contributed by atoms with Gasteiger partial charge in [-0.15, -0.1) is 0 Å². The number of H-pyrrole nitrogens is 1. The zero-order valence-corrected chi connectivity index (χ0v) is 13.4. The Morgan fingerprint density at radius 3 is 2.79 bits per heavy atom. The number of urea groups is 1. The number of nitrogens with zero attached hydrogens (tertiary/aromatic N) is 3. The van der Waals surface area contributed by atoms with Crippen LogP contribution in [-0.4, -0.2) is 38.8 Å². The molecule has 0 spiro atoms. The lowest BCUT2D eigenvalue weighted by atomic mass is 10.1. The Bertz CT molecular complexity index is 751. The number of aromatic nitrogens is 3. The maximum absolute atomic E-state index is 12.2. The van der Waals surface area contributed by atoms with Crippen molar-refractivity contribution in [2.75, 3.05) is 13.1 Å². The first kappa shape index (κ1) is 15.0. The van der Waals surface area contributed by atoms with Gasteiger partial charge >= 0.3 is 11.7 Å². The topological polar surface area (TPSA) is 96.2 Å². The Kier molecular flexibility index (Phi) is 3.87. The second-order valence-corrected chi connectivity index (χ2v) is 6.54. The summed E-state index contributed by atoms with van der Waals surface area (Å²) in [7, 11) is 0. The van der Waals surface area contributed by atoms with Gasteiger partial charge in [-0.2, -0.15) is 5.10 Å². The van der Waals surface area contributed by atoms with Crippen LogP contribution in [0.1, 0.15) is 49.0 Å². The van der Waals surface area contributed by atoms with Crippen molar-refractivity contribution in [1.82, 2.24) is 25.0 Å². The van der Waals surface area contributed by atoms with Crippen LogP contribution in [0.4, 0.5) is 4.79 Å². The van der Waals surface area contributed by atoms with Crippen molar-refractivity contribution in [1.29, 1.82) is 0 Å². The van der Waals surface area contributed by atoms with Gasteiger partial charge in [0.05, 0.1) is 18.6 Å². The van der Waals surface area contributed by atoms with Crippen LogP contribution in [0.5, 0.6) is 0 Å². The van der Waals surface area contributed by atoms with Crippen molar-refractivity contribution in [2.45, 2.75) is 44.2 Å². The van der Waals surface area contributed by atoms with E-state index in [1.165, 1.54) is 0 Å². The van der Waals surface area contributed by atoms with Crippen LogP contribution in [0.25, 0.3) is 0 Å². The number of amides is 2. The molecule has 0 unspecified atom stereocenters. The summed E-state index contributed by atoms with van der Waals surface area (Å²) < 4.78 is 6.56. The van der Waals surface area contributed by atoms with Gasteiger partial charge in [-0.3, -0.25) is 4.98 Å². The highest BCUT2D eigenvalue weighted by Crippen LogP contribution is 2.37. The van der Waals surface area contributed by atoms with Crippen LogP contribution in [0, 0.1) is 0 Å². The van der Waals surface area contributed by atoms with Crippen molar-refractivity contribution >= 4 is 6.03 Å². The van der Waals surface area contributed by atoms with Crippen LogP contribution in [0.3, 0.4) is 0 Å². The van der Waals surface area contributed by atoms with E-state index >= 15 is 0 Å². The molecule has 0 radical (unpaired) electrons. The molecule has 2 aromatic heterocycles. The van der Waals surface area contributed by atoms with E-state index in [4.69, 9.17) is 4.42 Å². The van der Waals surface area contributed by atoms with E-state index in [1.807, 2.05) is 6.07 Å². The quantitative estimate of drug-likeness (QED) is 0.889. The Balaban J connectivity index is 1.31. The number of nitrogens with one attached hydrogen (secondary N) is 2. The molecule has 24 heavy (non-hydrogen) atoms. The Morgan fingerprint density at radius 1 is 1.33 bits per heavy atom. The standard InChI is InChI=1S/C16H21N5O3/c22-15(17-9-11-5-8-24-10-11)20-6-3-13(4-7-20)21-16(23)18-14(19-21)12-1-2-12/h5,8,10,12-13H,1-4,6-7,9H2,(H,17,22)(H,18,19,23). The maximum atomic E-state index is 12.2. The Morgan fingerprint density at radius 2 is 2.12 bits per heavy atom.